The predicted octanol–water partition coefficient (Wildman–Crippen LogP) is 2.69. The number of piperidine rings is 1. The first kappa shape index (κ1) is 20.1. The van der Waals surface area contributed by atoms with Gasteiger partial charge in [0, 0.05) is 44.7 Å². The van der Waals surface area contributed by atoms with Crippen molar-refractivity contribution in [3.63, 3.8) is 0 Å². The number of hydrogen-bond acceptors (Lipinski definition) is 8. The van der Waals surface area contributed by atoms with E-state index in [0.29, 0.717) is 30.2 Å². The van der Waals surface area contributed by atoms with Crippen LogP contribution in [0.2, 0.25) is 0 Å². The molecular formula is C23H28N6O2. The fraction of sp³-hybridized carbons (Fsp3) is 0.478. The molecule has 0 saturated carbocycles. The Labute approximate surface area is 182 Å². The number of pyridine rings is 2. The second-order valence-corrected chi connectivity index (χ2v) is 8.39. The van der Waals surface area contributed by atoms with E-state index in [1.807, 2.05) is 12.1 Å². The SMILES string of the molecule is COCCOc1cncc2nc(-c3ccncc3)nc(N3CCC4(CCNC4)CC3)c12. The van der Waals surface area contributed by atoms with Crippen LogP contribution in [0.15, 0.2) is 36.9 Å². The summed E-state index contributed by atoms with van der Waals surface area (Å²) >= 11 is 0. The number of ether oxygens (including phenoxy) is 2. The topological polar surface area (TPSA) is 85.3 Å². The van der Waals surface area contributed by atoms with Crippen molar-refractivity contribution >= 4 is 16.7 Å². The van der Waals surface area contributed by atoms with Gasteiger partial charge in [-0.25, -0.2) is 9.97 Å². The minimum atomic E-state index is 0.437. The van der Waals surface area contributed by atoms with E-state index in [-0.39, 0.29) is 0 Å². The summed E-state index contributed by atoms with van der Waals surface area (Å²) in [5, 5.41) is 4.47. The van der Waals surface area contributed by atoms with E-state index in [4.69, 9.17) is 19.4 Å². The van der Waals surface area contributed by atoms with Crippen molar-refractivity contribution in [2.45, 2.75) is 19.3 Å². The lowest BCUT2D eigenvalue weighted by Gasteiger charge is -2.39. The molecule has 31 heavy (non-hydrogen) atoms. The Kier molecular flexibility index (Phi) is 5.65. The molecule has 0 bridgehead atoms. The van der Waals surface area contributed by atoms with E-state index < -0.39 is 0 Å². The van der Waals surface area contributed by atoms with Crippen molar-refractivity contribution in [1.29, 1.82) is 0 Å². The van der Waals surface area contributed by atoms with E-state index in [2.05, 4.69) is 20.2 Å². The molecule has 5 rings (SSSR count). The standard InChI is InChI=1S/C23H28N6O2/c1-30-12-13-31-19-15-26-14-18-20(19)22(28-21(27-18)17-2-7-24-8-3-17)29-10-5-23(6-11-29)4-9-25-16-23/h2-3,7-8,14-15,25H,4-6,9-13,16H2,1H3. The number of nitrogens with one attached hydrogen (secondary N) is 1. The maximum absolute atomic E-state index is 6.02. The maximum Gasteiger partial charge on any atom is 0.162 e. The zero-order chi connectivity index (χ0) is 21.1. The smallest absolute Gasteiger partial charge is 0.162 e. The number of nitrogens with zero attached hydrogens (tertiary/aromatic N) is 5. The Hall–Kier alpha value is -2.84. The molecule has 3 aromatic rings. The molecule has 0 radical (unpaired) electrons. The van der Waals surface area contributed by atoms with Crippen molar-refractivity contribution in [3.05, 3.63) is 36.9 Å². The van der Waals surface area contributed by atoms with Gasteiger partial charge in [-0.05, 0) is 43.4 Å². The molecule has 2 aliphatic heterocycles. The Balaban J connectivity index is 1.56. The Morgan fingerprint density at radius 1 is 1.03 bits per heavy atom. The lowest BCUT2D eigenvalue weighted by molar-refractivity contribution is 0.147. The average Bonchev–Trinajstić information content (AvgIpc) is 3.27. The third kappa shape index (κ3) is 4.05. The molecule has 8 nitrogen and oxygen atoms in total. The summed E-state index contributed by atoms with van der Waals surface area (Å²) in [5.41, 5.74) is 2.17. The summed E-state index contributed by atoms with van der Waals surface area (Å²) in [6.45, 7) is 5.18. The first-order valence-corrected chi connectivity index (χ1v) is 10.9. The molecular weight excluding hydrogens is 392 g/mol. The molecule has 2 aliphatic rings. The van der Waals surface area contributed by atoms with Crippen molar-refractivity contribution in [2.75, 3.05) is 51.4 Å². The van der Waals surface area contributed by atoms with Gasteiger partial charge in [0.05, 0.1) is 29.9 Å². The van der Waals surface area contributed by atoms with Crippen LogP contribution in [0.3, 0.4) is 0 Å². The van der Waals surface area contributed by atoms with Crippen LogP contribution in [0.25, 0.3) is 22.3 Å². The molecule has 1 spiro atoms. The second kappa shape index (κ2) is 8.72. The summed E-state index contributed by atoms with van der Waals surface area (Å²) in [6.07, 6.45) is 10.7. The summed E-state index contributed by atoms with van der Waals surface area (Å²) < 4.78 is 11.2. The number of aromatic nitrogens is 4. The third-order valence-corrected chi connectivity index (χ3v) is 6.49. The van der Waals surface area contributed by atoms with Gasteiger partial charge in [-0.15, -0.1) is 0 Å². The highest BCUT2D eigenvalue weighted by molar-refractivity contribution is 5.95. The van der Waals surface area contributed by atoms with Gasteiger partial charge in [-0.3, -0.25) is 9.97 Å². The monoisotopic (exact) mass is 420 g/mol. The maximum atomic E-state index is 6.02. The normalized spacial score (nSPS) is 18.0. The number of fused-ring (bicyclic) bond motifs is 1. The first-order valence-electron chi connectivity index (χ1n) is 10.9. The predicted molar refractivity (Wildman–Crippen MR) is 119 cm³/mol. The van der Waals surface area contributed by atoms with Crippen LogP contribution >= 0.6 is 0 Å². The van der Waals surface area contributed by atoms with Crippen molar-refractivity contribution in [2.24, 2.45) is 5.41 Å². The fourth-order valence-electron chi connectivity index (χ4n) is 4.65. The Morgan fingerprint density at radius 3 is 2.61 bits per heavy atom. The molecule has 5 heterocycles. The van der Waals surface area contributed by atoms with E-state index in [1.165, 1.54) is 19.3 Å². The highest BCUT2D eigenvalue weighted by Crippen LogP contribution is 2.41. The number of hydrogen-bond donors (Lipinski definition) is 1. The third-order valence-electron chi connectivity index (χ3n) is 6.49. The number of methoxy groups -OCH3 is 1. The Morgan fingerprint density at radius 2 is 1.87 bits per heavy atom. The van der Waals surface area contributed by atoms with Crippen LogP contribution < -0.4 is 15.0 Å². The molecule has 2 fully saturated rings. The first-order chi connectivity index (χ1) is 15.3. The van der Waals surface area contributed by atoms with Crippen LogP contribution in [0, 0.1) is 5.41 Å². The molecule has 0 aromatic carbocycles. The van der Waals surface area contributed by atoms with E-state index in [9.17, 15) is 0 Å². The lowest BCUT2D eigenvalue weighted by atomic mass is 9.78. The second-order valence-electron chi connectivity index (χ2n) is 8.39. The van der Waals surface area contributed by atoms with Crippen LogP contribution in [0.5, 0.6) is 5.75 Å². The molecule has 0 aliphatic carbocycles. The minimum Gasteiger partial charge on any atom is -0.489 e. The molecule has 3 aromatic heterocycles. The molecule has 0 amide bonds. The van der Waals surface area contributed by atoms with Gasteiger partial charge >= 0.3 is 0 Å². The van der Waals surface area contributed by atoms with Crippen molar-refractivity contribution in [3.8, 4) is 17.1 Å². The van der Waals surface area contributed by atoms with Crippen LogP contribution in [0.1, 0.15) is 19.3 Å². The quantitative estimate of drug-likeness (QED) is 0.610. The molecule has 8 heteroatoms. The van der Waals surface area contributed by atoms with E-state index >= 15 is 0 Å². The minimum absolute atomic E-state index is 0.437. The van der Waals surface area contributed by atoms with Gasteiger partial charge in [0.2, 0.25) is 0 Å². The fourth-order valence-corrected chi connectivity index (χ4v) is 4.65. The van der Waals surface area contributed by atoms with E-state index in [1.54, 1.807) is 31.9 Å². The number of anilines is 1. The van der Waals surface area contributed by atoms with Crippen LogP contribution in [0.4, 0.5) is 5.82 Å². The van der Waals surface area contributed by atoms with Gasteiger partial charge in [0.25, 0.3) is 0 Å². The zero-order valence-corrected chi connectivity index (χ0v) is 17.9. The summed E-state index contributed by atoms with van der Waals surface area (Å²) in [7, 11) is 1.67. The highest BCUT2D eigenvalue weighted by Gasteiger charge is 2.37. The summed E-state index contributed by atoms with van der Waals surface area (Å²) in [4.78, 5) is 20.7. The summed E-state index contributed by atoms with van der Waals surface area (Å²) in [6, 6.07) is 3.87. The molecule has 1 N–H and O–H groups in total. The molecule has 162 valence electrons. The number of rotatable bonds is 6. The van der Waals surface area contributed by atoms with Gasteiger partial charge in [-0.1, -0.05) is 0 Å². The van der Waals surface area contributed by atoms with Crippen LogP contribution in [-0.4, -0.2) is 66.4 Å². The highest BCUT2D eigenvalue weighted by atomic mass is 16.5. The van der Waals surface area contributed by atoms with Crippen molar-refractivity contribution in [1.82, 2.24) is 25.3 Å². The Bertz CT molecular complexity index is 1030. The molecule has 0 unspecified atom stereocenters. The lowest BCUT2D eigenvalue weighted by Crippen LogP contribution is -2.41. The van der Waals surface area contributed by atoms with Gasteiger partial charge in [0.15, 0.2) is 11.6 Å². The van der Waals surface area contributed by atoms with Gasteiger partial charge in [0.1, 0.15) is 12.4 Å². The van der Waals surface area contributed by atoms with E-state index in [0.717, 1.165) is 48.5 Å². The van der Waals surface area contributed by atoms with Crippen molar-refractivity contribution < 1.29 is 9.47 Å². The summed E-state index contributed by atoms with van der Waals surface area (Å²) in [5.74, 6) is 2.31. The molecule has 0 atom stereocenters. The zero-order valence-electron chi connectivity index (χ0n) is 17.9. The van der Waals surface area contributed by atoms with Gasteiger partial charge < -0.3 is 19.7 Å². The average molecular weight is 421 g/mol. The van der Waals surface area contributed by atoms with Crippen LogP contribution in [-0.2, 0) is 4.74 Å². The molecule has 2 saturated heterocycles. The largest absolute Gasteiger partial charge is 0.489 e. The van der Waals surface area contributed by atoms with Gasteiger partial charge in [-0.2, -0.15) is 0 Å².